The van der Waals surface area contributed by atoms with Crippen LogP contribution < -0.4 is 11.1 Å². The van der Waals surface area contributed by atoms with Gasteiger partial charge >= 0.3 is 0 Å². The molecule has 0 aliphatic rings. The molecule has 0 rings (SSSR count). The van der Waals surface area contributed by atoms with Crippen LogP contribution in [0.1, 0.15) is 41.0 Å². The Morgan fingerprint density at radius 3 is 2.42 bits per heavy atom. The van der Waals surface area contributed by atoms with Gasteiger partial charge < -0.3 is 20.5 Å². The van der Waals surface area contributed by atoms with Crippen LogP contribution in [0.5, 0.6) is 0 Å². The SMILES string of the molecule is CCNC(C)(CC(C)OCCOCC(C)C)C(N)=O. The number of amides is 1. The third-order valence-electron chi connectivity index (χ3n) is 2.89. The van der Waals surface area contributed by atoms with Gasteiger partial charge in [-0.1, -0.05) is 20.8 Å². The summed E-state index contributed by atoms with van der Waals surface area (Å²) in [6.45, 7) is 12.5. The Balaban J connectivity index is 3.94. The van der Waals surface area contributed by atoms with E-state index < -0.39 is 5.54 Å². The molecule has 5 nitrogen and oxygen atoms in total. The summed E-state index contributed by atoms with van der Waals surface area (Å²) in [6.07, 6.45) is 0.513. The summed E-state index contributed by atoms with van der Waals surface area (Å²) < 4.78 is 11.1. The summed E-state index contributed by atoms with van der Waals surface area (Å²) in [7, 11) is 0. The number of hydrogen-bond donors (Lipinski definition) is 2. The first-order valence-corrected chi connectivity index (χ1v) is 7.06. The predicted molar refractivity (Wildman–Crippen MR) is 77.0 cm³/mol. The van der Waals surface area contributed by atoms with Crippen molar-refractivity contribution in [1.29, 1.82) is 0 Å². The quantitative estimate of drug-likeness (QED) is 0.557. The first-order valence-electron chi connectivity index (χ1n) is 7.06. The minimum absolute atomic E-state index is 0.0424. The van der Waals surface area contributed by atoms with Gasteiger partial charge in [-0.25, -0.2) is 0 Å². The van der Waals surface area contributed by atoms with Crippen molar-refractivity contribution in [3.05, 3.63) is 0 Å². The zero-order valence-corrected chi connectivity index (χ0v) is 13.0. The van der Waals surface area contributed by atoms with Crippen LogP contribution in [0.15, 0.2) is 0 Å². The lowest BCUT2D eigenvalue weighted by Crippen LogP contribution is -2.54. The second-order valence-electron chi connectivity index (χ2n) is 5.58. The highest BCUT2D eigenvalue weighted by Crippen LogP contribution is 2.14. The molecule has 0 fully saturated rings. The zero-order valence-electron chi connectivity index (χ0n) is 13.0. The molecule has 0 aromatic heterocycles. The zero-order chi connectivity index (χ0) is 14.9. The molecule has 2 atom stereocenters. The van der Waals surface area contributed by atoms with Crippen molar-refractivity contribution in [2.24, 2.45) is 11.7 Å². The fraction of sp³-hybridized carbons (Fsp3) is 0.929. The molecule has 0 aliphatic carbocycles. The first kappa shape index (κ1) is 18.4. The number of carbonyl (C=O) groups excluding carboxylic acids is 1. The lowest BCUT2D eigenvalue weighted by molar-refractivity contribution is -0.125. The standard InChI is InChI=1S/C14H30N2O3/c1-6-16-14(5,13(15)17)9-12(4)19-8-7-18-10-11(2)3/h11-12,16H,6-10H2,1-5H3,(H2,15,17). The molecule has 0 radical (unpaired) electrons. The van der Waals surface area contributed by atoms with Crippen LogP contribution in [0.25, 0.3) is 0 Å². The minimum atomic E-state index is -0.715. The Morgan fingerprint density at radius 1 is 1.32 bits per heavy atom. The topological polar surface area (TPSA) is 73.6 Å². The molecule has 114 valence electrons. The van der Waals surface area contributed by atoms with Crippen LogP contribution >= 0.6 is 0 Å². The van der Waals surface area contributed by atoms with Gasteiger partial charge in [0.2, 0.25) is 5.91 Å². The summed E-state index contributed by atoms with van der Waals surface area (Å²) in [5.41, 5.74) is 4.72. The van der Waals surface area contributed by atoms with E-state index in [-0.39, 0.29) is 12.0 Å². The maximum absolute atomic E-state index is 11.5. The molecule has 0 spiro atoms. The molecule has 0 aromatic rings. The van der Waals surface area contributed by atoms with Gasteiger partial charge in [0.25, 0.3) is 0 Å². The molecule has 0 bridgehead atoms. The van der Waals surface area contributed by atoms with Gasteiger partial charge in [0.05, 0.1) is 24.9 Å². The minimum Gasteiger partial charge on any atom is -0.379 e. The van der Waals surface area contributed by atoms with Crippen molar-refractivity contribution < 1.29 is 14.3 Å². The largest absolute Gasteiger partial charge is 0.379 e. The van der Waals surface area contributed by atoms with Crippen molar-refractivity contribution >= 4 is 5.91 Å². The van der Waals surface area contributed by atoms with E-state index in [9.17, 15) is 4.79 Å². The average molecular weight is 274 g/mol. The van der Waals surface area contributed by atoms with E-state index in [1.54, 1.807) is 0 Å². The van der Waals surface area contributed by atoms with Crippen molar-refractivity contribution in [3.63, 3.8) is 0 Å². The van der Waals surface area contributed by atoms with Crippen LogP contribution in [0, 0.1) is 5.92 Å². The van der Waals surface area contributed by atoms with Crippen LogP contribution in [0.4, 0.5) is 0 Å². The molecular weight excluding hydrogens is 244 g/mol. The Labute approximate surface area is 117 Å². The maximum Gasteiger partial charge on any atom is 0.237 e. The summed E-state index contributed by atoms with van der Waals surface area (Å²) in [4.78, 5) is 11.5. The lowest BCUT2D eigenvalue weighted by atomic mass is 9.94. The third kappa shape index (κ3) is 8.18. The van der Waals surface area contributed by atoms with Crippen LogP contribution in [-0.2, 0) is 14.3 Å². The molecular formula is C14H30N2O3. The Bertz CT molecular complexity index is 259. The highest BCUT2D eigenvalue weighted by molar-refractivity contribution is 5.84. The van der Waals surface area contributed by atoms with E-state index in [1.807, 2.05) is 20.8 Å². The summed E-state index contributed by atoms with van der Waals surface area (Å²) >= 11 is 0. The summed E-state index contributed by atoms with van der Waals surface area (Å²) in [5.74, 6) is 0.185. The summed E-state index contributed by atoms with van der Waals surface area (Å²) in [5, 5.41) is 3.12. The number of carbonyl (C=O) groups is 1. The monoisotopic (exact) mass is 274 g/mol. The van der Waals surface area contributed by atoms with Crippen molar-refractivity contribution in [2.45, 2.75) is 52.7 Å². The molecule has 0 saturated carbocycles. The number of nitrogens with two attached hydrogens (primary N) is 1. The second-order valence-corrected chi connectivity index (χ2v) is 5.58. The molecule has 5 heteroatoms. The summed E-state index contributed by atoms with van der Waals surface area (Å²) in [6, 6.07) is 0. The molecule has 2 unspecified atom stereocenters. The van der Waals surface area contributed by atoms with Gasteiger partial charge in [-0.2, -0.15) is 0 Å². The Kier molecular flexibility index (Phi) is 8.97. The van der Waals surface area contributed by atoms with Gasteiger partial charge in [0.1, 0.15) is 0 Å². The van der Waals surface area contributed by atoms with Gasteiger partial charge in [-0.15, -0.1) is 0 Å². The molecule has 0 saturated heterocycles. The molecule has 19 heavy (non-hydrogen) atoms. The second kappa shape index (κ2) is 9.28. The fourth-order valence-corrected chi connectivity index (χ4v) is 1.91. The van der Waals surface area contributed by atoms with Crippen LogP contribution in [0.2, 0.25) is 0 Å². The number of hydrogen-bond acceptors (Lipinski definition) is 4. The molecule has 0 aliphatic heterocycles. The van der Waals surface area contributed by atoms with Crippen LogP contribution in [0.3, 0.4) is 0 Å². The highest BCUT2D eigenvalue weighted by atomic mass is 16.5. The first-order chi connectivity index (χ1) is 8.81. The van der Waals surface area contributed by atoms with E-state index in [2.05, 4.69) is 19.2 Å². The van der Waals surface area contributed by atoms with Crippen LogP contribution in [-0.4, -0.2) is 43.9 Å². The number of ether oxygens (including phenoxy) is 2. The van der Waals surface area contributed by atoms with Gasteiger partial charge in [0.15, 0.2) is 0 Å². The Morgan fingerprint density at radius 2 is 1.95 bits per heavy atom. The van der Waals surface area contributed by atoms with Crippen molar-refractivity contribution in [1.82, 2.24) is 5.32 Å². The van der Waals surface area contributed by atoms with Crippen molar-refractivity contribution in [2.75, 3.05) is 26.4 Å². The third-order valence-corrected chi connectivity index (χ3v) is 2.89. The number of nitrogens with one attached hydrogen (secondary N) is 1. The van der Waals surface area contributed by atoms with E-state index in [4.69, 9.17) is 15.2 Å². The van der Waals surface area contributed by atoms with Gasteiger partial charge in [-0.3, -0.25) is 4.79 Å². The van der Waals surface area contributed by atoms with Crippen molar-refractivity contribution in [3.8, 4) is 0 Å². The molecule has 3 N–H and O–H groups in total. The normalized spacial score (nSPS) is 16.3. The van der Waals surface area contributed by atoms with Gasteiger partial charge in [0, 0.05) is 13.0 Å². The molecule has 0 aromatic carbocycles. The van der Waals surface area contributed by atoms with Gasteiger partial charge in [-0.05, 0) is 26.3 Å². The van der Waals surface area contributed by atoms with E-state index >= 15 is 0 Å². The maximum atomic E-state index is 11.5. The average Bonchev–Trinajstić information content (AvgIpc) is 2.28. The fourth-order valence-electron chi connectivity index (χ4n) is 1.91. The molecule has 1 amide bonds. The van der Waals surface area contributed by atoms with E-state index in [1.165, 1.54) is 0 Å². The van der Waals surface area contributed by atoms with E-state index in [0.29, 0.717) is 32.1 Å². The molecule has 0 heterocycles. The van der Waals surface area contributed by atoms with E-state index in [0.717, 1.165) is 6.61 Å². The highest BCUT2D eigenvalue weighted by Gasteiger charge is 2.31. The smallest absolute Gasteiger partial charge is 0.237 e. The number of rotatable bonds is 11. The number of likely N-dealkylation sites (N-methyl/N-ethyl adjacent to an activating group) is 1. The Hall–Kier alpha value is -0.650. The predicted octanol–water partition coefficient (Wildman–Crippen LogP) is 1.31. The lowest BCUT2D eigenvalue weighted by Gasteiger charge is -2.29. The number of primary amides is 1.